The van der Waals surface area contributed by atoms with E-state index >= 15 is 0 Å². The molecule has 0 fully saturated rings. The summed E-state index contributed by atoms with van der Waals surface area (Å²) in [5, 5.41) is 3.60. The summed E-state index contributed by atoms with van der Waals surface area (Å²) in [7, 11) is 0. The molecule has 0 saturated heterocycles. The summed E-state index contributed by atoms with van der Waals surface area (Å²) in [6.45, 7) is 0.832. The number of hydrogen-bond acceptors (Lipinski definition) is 4. The molecular formula is C12H11ClN4O. The molecule has 3 heterocycles. The van der Waals surface area contributed by atoms with Gasteiger partial charge in [-0.2, -0.15) is 0 Å². The van der Waals surface area contributed by atoms with Gasteiger partial charge in [0.1, 0.15) is 11.5 Å². The Morgan fingerprint density at radius 3 is 3.11 bits per heavy atom. The number of rotatable bonds is 1. The minimum absolute atomic E-state index is 0.121. The molecule has 0 unspecified atom stereocenters. The SMILES string of the molecule is O=c1[nH]c(-c2ncccc2Cl)nc2c1CCCN2. The third-order valence-electron chi connectivity index (χ3n) is 2.89. The lowest BCUT2D eigenvalue weighted by atomic mass is 10.1. The van der Waals surface area contributed by atoms with Gasteiger partial charge in [0, 0.05) is 12.7 Å². The van der Waals surface area contributed by atoms with E-state index in [4.69, 9.17) is 11.6 Å². The van der Waals surface area contributed by atoms with Crippen LogP contribution in [0.25, 0.3) is 11.5 Å². The highest BCUT2D eigenvalue weighted by Crippen LogP contribution is 2.24. The maximum Gasteiger partial charge on any atom is 0.256 e. The van der Waals surface area contributed by atoms with Crippen molar-refractivity contribution in [1.29, 1.82) is 0 Å². The first-order valence-corrected chi connectivity index (χ1v) is 6.11. The van der Waals surface area contributed by atoms with E-state index in [1.54, 1.807) is 18.3 Å². The van der Waals surface area contributed by atoms with E-state index < -0.39 is 0 Å². The van der Waals surface area contributed by atoms with Gasteiger partial charge >= 0.3 is 0 Å². The number of halogens is 1. The molecule has 1 aliphatic rings. The Morgan fingerprint density at radius 2 is 2.28 bits per heavy atom. The highest BCUT2D eigenvalue weighted by atomic mass is 35.5. The first kappa shape index (κ1) is 11.2. The molecule has 0 atom stereocenters. The van der Waals surface area contributed by atoms with Crippen molar-refractivity contribution in [2.75, 3.05) is 11.9 Å². The number of aromatic nitrogens is 3. The molecule has 5 nitrogen and oxygen atoms in total. The van der Waals surface area contributed by atoms with E-state index in [1.165, 1.54) is 0 Å². The topological polar surface area (TPSA) is 70.7 Å². The number of H-pyrrole nitrogens is 1. The zero-order valence-corrected chi connectivity index (χ0v) is 10.3. The van der Waals surface area contributed by atoms with Crippen LogP contribution in [0.5, 0.6) is 0 Å². The minimum atomic E-state index is -0.121. The van der Waals surface area contributed by atoms with Crippen LogP contribution in [0.15, 0.2) is 23.1 Å². The predicted molar refractivity (Wildman–Crippen MR) is 69.9 cm³/mol. The molecular weight excluding hydrogens is 252 g/mol. The van der Waals surface area contributed by atoms with E-state index in [1.807, 2.05) is 0 Å². The van der Waals surface area contributed by atoms with Crippen LogP contribution in [0.2, 0.25) is 5.02 Å². The molecule has 18 heavy (non-hydrogen) atoms. The van der Waals surface area contributed by atoms with Crippen LogP contribution in [0.4, 0.5) is 5.82 Å². The maximum atomic E-state index is 12.0. The number of hydrogen-bond donors (Lipinski definition) is 2. The second-order valence-electron chi connectivity index (χ2n) is 4.11. The van der Waals surface area contributed by atoms with Crippen molar-refractivity contribution in [2.45, 2.75) is 12.8 Å². The predicted octanol–water partition coefficient (Wildman–Crippen LogP) is 1.84. The van der Waals surface area contributed by atoms with Crippen molar-refractivity contribution in [1.82, 2.24) is 15.0 Å². The van der Waals surface area contributed by atoms with Gasteiger partial charge in [-0.25, -0.2) is 4.98 Å². The number of fused-ring (bicyclic) bond motifs is 1. The molecule has 2 N–H and O–H groups in total. The normalized spacial score (nSPS) is 13.8. The van der Waals surface area contributed by atoms with Crippen molar-refractivity contribution in [2.24, 2.45) is 0 Å². The van der Waals surface area contributed by atoms with Gasteiger partial charge in [-0.05, 0) is 25.0 Å². The summed E-state index contributed by atoms with van der Waals surface area (Å²) >= 11 is 6.05. The third-order valence-corrected chi connectivity index (χ3v) is 3.20. The molecule has 0 aromatic carbocycles. The number of pyridine rings is 1. The van der Waals surface area contributed by atoms with E-state index in [2.05, 4.69) is 20.3 Å². The Bertz CT molecular complexity index is 653. The van der Waals surface area contributed by atoms with Crippen LogP contribution in [0.3, 0.4) is 0 Å². The summed E-state index contributed by atoms with van der Waals surface area (Å²) in [4.78, 5) is 23.2. The summed E-state index contributed by atoms with van der Waals surface area (Å²) in [5.74, 6) is 1.04. The highest BCUT2D eigenvalue weighted by molar-refractivity contribution is 6.32. The molecule has 3 rings (SSSR count). The number of aromatic amines is 1. The zero-order chi connectivity index (χ0) is 12.5. The van der Waals surface area contributed by atoms with Crippen molar-refractivity contribution in [3.63, 3.8) is 0 Å². The van der Waals surface area contributed by atoms with Crippen LogP contribution < -0.4 is 10.9 Å². The Balaban J connectivity index is 2.17. The van der Waals surface area contributed by atoms with E-state index in [9.17, 15) is 4.79 Å². The van der Waals surface area contributed by atoms with Gasteiger partial charge in [-0.3, -0.25) is 9.78 Å². The van der Waals surface area contributed by atoms with Crippen molar-refractivity contribution >= 4 is 17.4 Å². The van der Waals surface area contributed by atoms with Crippen LogP contribution in [-0.4, -0.2) is 21.5 Å². The zero-order valence-electron chi connectivity index (χ0n) is 9.53. The molecule has 1 aliphatic heterocycles. The standard InChI is InChI=1S/C12H11ClN4O/c13-8-4-2-5-14-9(8)11-16-10-7(12(18)17-11)3-1-6-15-10/h2,4-5H,1,3,6H2,(H2,15,16,17,18). The summed E-state index contributed by atoms with van der Waals surface area (Å²) in [6, 6.07) is 3.46. The second kappa shape index (κ2) is 4.42. The number of anilines is 1. The van der Waals surface area contributed by atoms with Gasteiger partial charge in [0.15, 0.2) is 5.82 Å². The Hall–Kier alpha value is -1.88. The molecule has 0 spiro atoms. The molecule has 6 heteroatoms. The van der Waals surface area contributed by atoms with E-state index in [0.717, 1.165) is 19.4 Å². The van der Waals surface area contributed by atoms with Crippen molar-refractivity contribution in [3.05, 3.63) is 39.3 Å². The van der Waals surface area contributed by atoms with Crippen molar-refractivity contribution < 1.29 is 0 Å². The highest BCUT2D eigenvalue weighted by Gasteiger charge is 2.17. The third kappa shape index (κ3) is 1.86. The first-order chi connectivity index (χ1) is 8.75. The fraction of sp³-hybridized carbons (Fsp3) is 0.250. The monoisotopic (exact) mass is 262 g/mol. The fourth-order valence-electron chi connectivity index (χ4n) is 2.02. The van der Waals surface area contributed by atoms with Gasteiger partial charge in [0.05, 0.1) is 10.6 Å². The first-order valence-electron chi connectivity index (χ1n) is 5.73. The lowest BCUT2D eigenvalue weighted by Gasteiger charge is -2.16. The van der Waals surface area contributed by atoms with Gasteiger partial charge in [-0.1, -0.05) is 11.6 Å². The van der Waals surface area contributed by atoms with Crippen LogP contribution in [-0.2, 0) is 6.42 Å². The van der Waals surface area contributed by atoms with Crippen LogP contribution >= 0.6 is 11.6 Å². The largest absolute Gasteiger partial charge is 0.370 e. The molecule has 92 valence electrons. The summed E-state index contributed by atoms with van der Waals surface area (Å²) in [6.07, 6.45) is 3.32. The van der Waals surface area contributed by atoms with Gasteiger partial charge < -0.3 is 10.3 Å². The smallest absolute Gasteiger partial charge is 0.256 e. The number of nitrogens with one attached hydrogen (secondary N) is 2. The average molecular weight is 263 g/mol. The Kier molecular flexibility index (Phi) is 2.76. The summed E-state index contributed by atoms with van der Waals surface area (Å²) in [5.41, 5.74) is 1.08. The molecule has 2 aromatic heterocycles. The average Bonchev–Trinajstić information content (AvgIpc) is 2.39. The molecule has 0 aliphatic carbocycles. The molecule has 0 radical (unpaired) electrons. The lowest BCUT2D eigenvalue weighted by Crippen LogP contribution is -2.24. The molecule has 0 bridgehead atoms. The molecule has 0 amide bonds. The quantitative estimate of drug-likeness (QED) is 0.823. The number of nitrogens with zero attached hydrogens (tertiary/aromatic N) is 2. The molecule has 2 aromatic rings. The fourth-order valence-corrected chi connectivity index (χ4v) is 2.23. The Morgan fingerprint density at radius 1 is 1.39 bits per heavy atom. The second-order valence-corrected chi connectivity index (χ2v) is 4.51. The van der Waals surface area contributed by atoms with Gasteiger partial charge in [-0.15, -0.1) is 0 Å². The minimum Gasteiger partial charge on any atom is -0.370 e. The van der Waals surface area contributed by atoms with Crippen LogP contribution in [0.1, 0.15) is 12.0 Å². The van der Waals surface area contributed by atoms with Gasteiger partial charge in [0.2, 0.25) is 0 Å². The Labute approximate surface area is 108 Å². The lowest BCUT2D eigenvalue weighted by molar-refractivity contribution is 0.799. The van der Waals surface area contributed by atoms with E-state index in [-0.39, 0.29) is 5.56 Å². The van der Waals surface area contributed by atoms with Crippen LogP contribution in [0, 0.1) is 0 Å². The maximum absolute atomic E-state index is 12.0. The van der Waals surface area contributed by atoms with E-state index in [0.29, 0.717) is 27.9 Å². The van der Waals surface area contributed by atoms with Gasteiger partial charge in [0.25, 0.3) is 5.56 Å². The summed E-state index contributed by atoms with van der Waals surface area (Å²) < 4.78 is 0. The van der Waals surface area contributed by atoms with Crippen molar-refractivity contribution in [3.8, 4) is 11.5 Å². The molecule has 0 saturated carbocycles.